The molecule has 0 saturated carbocycles. The lowest BCUT2D eigenvalue weighted by molar-refractivity contribution is -0.387. The first-order valence-corrected chi connectivity index (χ1v) is 7.13. The van der Waals surface area contributed by atoms with Crippen molar-refractivity contribution in [3.05, 3.63) is 39.7 Å². The number of hydrogen-bond acceptors (Lipinski definition) is 7. The number of hydrogen-bond donors (Lipinski definition) is 1. The van der Waals surface area contributed by atoms with Gasteiger partial charge in [-0.05, 0) is 23.9 Å². The molecule has 1 aromatic carbocycles. The van der Waals surface area contributed by atoms with E-state index in [1.165, 1.54) is 22.9 Å². The van der Waals surface area contributed by atoms with E-state index in [9.17, 15) is 10.1 Å². The molecule has 0 spiro atoms. The number of nitro benzene ring substituents is 1. The molecule has 22 heavy (non-hydrogen) atoms. The highest BCUT2D eigenvalue weighted by Gasteiger charge is 2.25. The highest BCUT2D eigenvalue weighted by atomic mass is 32.2. The molecule has 2 aromatic rings. The molecule has 0 fully saturated rings. The average molecular weight is 318 g/mol. The lowest BCUT2D eigenvalue weighted by atomic mass is 9.96. The molecule has 2 rings (SSSR count). The number of nitro groups is 1. The third-order valence-electron chi connectivity index (χ3n) is 2.82. The maximum Gasteiger partial charge on any atom is 0.284 e. The van der Waals surface area contributed by atoms with Crippen LogP contribution in [0.1, 0.15) is 32.2 Å². The van der Waals surface area contributed by atoms with Crippen molar-refractivity contribution in [2.45, 2.75) is 36.2 Å². The van der Waals surface area contributed by atoms with Gasteiger partial charge in [-0.2, -0.15) is 5.26 Å². The van der Waals surface area contributed by atoms with Crippen LogP contribution < -0.4 is 5.84 Å². The third kappa shape index (κ3) is 3.01. The van der Waals surface area contributed by atoms with Gasteiger partial charge >= 0.3 is 0 Å². The Morgan fingerprint density at radius 3 is 2.59 bits per heavy atom. The normalized spacial score (nSPS) is 11.2. The van der Waals surface area contributed by atoms with Crippen molar-refractivity contribution < 1.29 is 4.92 Å². The Kier molecular flexibility index (Phi) is 4.05. The van der Waals surface area contributed by atoms with Crippen LogP contribution >= 0.6 is 11.8 Å². The SMILES string of the molecule is CC(C)(C)c1nnc(Sc2ccc(C#N)cc2[N+](=O)[O-])n1N. The van der Waals surface area contributed by atoms with Gasteiger partial charge in [0.25, 0.3) is 5.69 Å². The lowest BCUT2D eigenvalue weighted by Gasteiger charge is -2.16. The molecule has 0 saturated heterocycles. The van der Waals surface area contributed by atoms with Crippen LogP contribution in [0.2, 0.25) is 0 Å². The highest BCUT2D eigenvalue weighted by molar-refractivity contribution is 7.99. The molecule has 2 N–H and O–H groups in total. The summed E-state index contributed by atoms with van der Waals surface area (Å²) in [6.07, 6.45) is 0. The Bertz CT molecular complexity index is 772. The summed E-state index contributed by atoms with van der Waals surface area (Å²) >= 11 is 1.04. The van der Waals surface area contributed by atoms with Gasteiger partial charge in [0.1, 0.15) is 0 Å². The number of nitriles is 1. The number of aromatic nitrogens is 3. The summed E-state index contributed by atoms with van der Waals surface area (Å²) in [6, 6.07) is 6.12. The fraction of sp³-hybridized carbons (Fsp3) is 0.308. The quantitative estimate of drug-likeness (QED) is 0.522. The van der Waals surface area contributed by atoms with Crippen LogP contribution in [0.3, 0.4) is 0 Å². The van der Waals surface area contributed by atoms with Crippen molar-refractivity contribution >= 4 is 17.4 Å². The Balaban J connectivity index is 2.42. The Morgan fingerprint density at radius 1 is 1.41 bits per heavy atom. The van der Waals surface area contributed by atoms with E-state index in [0.29, 0.717) is 15.9 Å². The van der Waals surface area contributed by atoms with Crippen LogP contribution in [-0.2, 0) is 5.41 Å². The van der Waals surface area contributed by atoms with E-state index >= 15 is 0 Å². The van der Waals surface area contributed by atoms with Gasteiger partial charge in [-0.3, -0.25) is 10.1 Å². The summed E-state index contributed by atoms with van der Waals surface area (Å²) in [6.45, 7) is 5.83. The predicted octanol–water partition coefficient (Wildman–Crippen LogP) is 2.22. The van der Waals surface area contributed by atoms with Crippen molar-refractivity contribution in [2.75, 3.05) is 5.84 Å². The van der Waals surface area contributed by atoms with E-state index in [2.05, 4.69) is 10.2 Å². The number of nitrogens with two attached hydrogens (primary N) is 1. The number of nitrogen functional groups attached to an aromatic ring is 1. The zero-order valence-electron chi connectivity index (χ0n) is 12.3. The van der Waals surface area contributed by atoms with Crippen molar-refractivity contribution in [2.24, 2.45) is 0 Å². The maximum absolute atomic E-state index is 11.1. The molecule has 114 valence electrons. The second kappa shape index (κ2) is 5.65. The monoisotopic (exact) mass is 318 g/mol. The maximum atomic E-state index is 11.1. The molecule has 0 aliphatic carbocycles. The van der Waals surface area contributed by atoms with Gasteiger partial charge in [-0.15, -0.1) is 10.2 Å². The van der Waals surface area contributed by atoms with Gasteiger partial charge in [0.2, 0.25) is 5.16 Å². The minimum absolute atomic E-state index is 0.163. The topological polar surface area (TPSA) is 124 Å². The second-order valence-electron chi connectivity index (χ2n) is 5.58. The summed E-state index contributed by atoms with van der Waals surface area (Å²) in [5, 5.41) is 28.3. The number of benzene rings is 1. The lowest BCUT2D eigenvalue weighted by Crippen LogP contribution is -2.24. The van der Waals surface area contributed by atoms with Gasteiger partial charge in [0.15, 0.2) is 5.82 Å². The smallest absolute Gasteiger partial charge is 0.284 e. The van der Waals surface area contributed by atoms with Crippen LogP contribution in [0.15, 0.2) is 28.3 Å². The van der Waals surface area contributed by atoms with E-state index in [1.54, 1.807) is 0 Å². The molecule has 0 bridgehead atoms. The summed E-state index contributed by atoms with van der Waals surface area (Å²) in [7, 11) is 0. The first-order valence-electron chi connectivity index (χ1n) is 6.31. The van der Waals surface area contributed by atoms with Crippen LogP contribution in [0.4, 0.5) is 5.69 Å². The summed E-state index contributed by atoms with van der Waals surface area (Å²) in [5.74, 6) is 6.54. The van der Waals surface area contributed by atoms with Crippen LogP contribution in [0.5, 0.6) is 0 Å². The Hall–Kier alpha value is -2.60. The van der Waals surface area contributed by atoms with E-state index < -0.39 is 4.92 Å². The fourth-order valence-corrected chi connectivity index (χ4v) is 2.61. The third-order valence-corrected chi connectivity index (χ3v) is 3.85. The summed E-state index contributed by atoms with van der Waals surface area (Å²) < 4.78 is 1.33. The van der Waals surface area contributed by atoms with Crippen molar-refractivity contribution in [3.8, 4) is 6.07 Å². The van der Waals surface area contributed by atoms with Gasteiger partial charge < -0.3 is 5.84 Å². The van der Waals surface area contributed by atoms with Gasteiger partial charge in [0.05, 0.1) is 21.5 Å². The molecule has 1 aromatic heterocycles. The van der Waals surface area contributed by atoms with E-state index in [-0.39, 0.29) is 16.7 Å². The zero-order valence-corrected chi connectivity index (χ0v) is 13.1. The van der Waals surface area contributed by atoms with Gasteiger partial charge in [-0.1, -0.05) is 20.8 Å². The van der Waals surface area contributed by atoms with Crippen LogP contribution in [0.25, 0.3) is 0 Å². The van der Waals surface area contributed by atoms with E-state index in [4.69, 9.17) is 11.1 Å². The standard InChI is InChI=1S/C13H14N6O2S/c1-13(2,3)11-16-17-12(18(11)15)22-10-5-4-8(7-14)6-9(10)19(20)21/h4-6H,15H2,1-3H3. The molecule has 0 aliphatic heterocycles. The van der Waals surface area contributed by atoms with Gasteiger partial charge in [0, 0.05) is 11.5 Å². The van der Waals surface area contributed by atoms with Crippen LogP contribution in [-0.4, -0.2) is 19.8 Å². The molecule has 0 aliphatic rings. The van der Waals surface area contributed by atoms with Crippen LogP contribution in [0, 0.1) is 21.4 Å². The van der Waals surface area contributed by atoms with E-state index in [0.717, 1.165) is 11.8 Å². The average Bonchev–Trinajstić information content (AvgIpc) is 2.80. The fourth-order valence-electron chi connectivity index (χ4n) is 1.77. The molecule has 1 heterocycles. The Morgan fingerprint density at radius 2 is 2.09 bits per heavy atom. The molecule has 0 unspecified atom stereocenters. The number of nitrogens with zero attached hydrogens (tertiary/aromatic N) is 5. The zero-order chi connectivity index (χ0) is 16.5. The number of rotatable bonds is 3. The second-order valence-corrected chi connectivity index (χ2v) is 6.59. The van der Waals surface area contributed by atoms with Crippen molar-refractivity contribution in [3.63, 3.8) is 0 Å². The highest BCUT2D eigenvalue weighted by Crippen LogP contribution is 2.35. The predicted molar refractivity (Wildman–Crippen MR) is 80.8 cm³/mol. The summed E-state index contributed by atoms with van der Waals surface area (Å²) in [4.78, 5) is 11.0. The Labute approximate surface area is 131 Å². The minimum atomic E-state index is -0.537. The minimum Gasteiger partial charge on any atom is -0.336 e. The first-order chi connectivity index (χ1) is 10.2. The largest absolute Gasteiger partial charge is 0.336 e. The molecule has 0 atom stereocenters. The summed E-state index contributed by atoms with van der Waals surface area (Å²) in [5.41, 5.74) is -0.234. The van der Waals surface area contributed by atoms with Crippen molar-refractivity contribution in [1.29, 1.82) is 5.26 Å². The molecule has 8 nitrogen and oxygen atoms in total. The molecule has 0 radical (unpaired) electrons. The first kappa shape index (κ1) is 15.8. The molecular weight excluding hydrogens is 304 g/mol. The van der Waals surface area contributed by atoms with Gasteiger partial charge in [-0.25, -0.2) is 4.68 Å². The van der Waals surface area contributed by atoms with Crippen molar-refractivity contribution in [1.82, 2.24) is 14.9 Å². The molecule has 9 heteroatoms. The van der Waals surface area contributed by atoms with E-state index in [1.807, 2.05) is 26.8 Å². The molecule has 0 amide bonds. The molecular formula is C13H14N6O2S.